The van der Waals surface area contributed by atoms with Crippen molar-refractivity contribution in [3.63, 3.8) is 0 Å². The number of hydrogen-bond acceptors (Lipinski definition) is 2. The van der Waals surface area contributed by atoms with Crippen LogP contribution in [-0.2, 0) is 7.05 Å². The van der Waals surface area contributed by atoms with E-state index in [9.17, 15) is 0 Å². The van der Waals surface area contributed by atoms with Gasteiger partial charge in [-0.05, 0) is 6.92 Å². The molecule has 0 radical (unpaired) electrons. The smallest absolute Gasteiger partial charge is 0.331 e. The SMILES string of the molecule is Cc1csc(N)[n+]1C.[Cl-]. The van der Waals surface area contributed by atoms with Gasteiger partial charge in [-0.1, -0.05) is 11.3 Å². The summed E-state index contributed by atoms with van der Waals surface area (Å²) in [4.78, 5) is 0. The third-order valence-corrected chi connectivity index (χ3v) is 2.18. The van der Waals surface area contributed by atoms with Crippen LogP contribution >= 0.6 is 11.3 Å². The molecule has 1 heterocycles. The average Bonchev–Trinajstić information content (AvgIpc) is 1.98. The number of aryl methyl sites for hydroxylation is 1. The maximum Gasteiger partial charge on any atom is 0.331 e. The van der Waals surface area contributed by atoms with Gasteiger partial charge in [0.1, 0.15) is 5.69 Å². The van der Waals surface area contributed by atoms with Crippen molar-refractivity contribution in [2.45, 2.75) is 6.92 Å². The van der Waals surface area contributed by atoms with E-state index >= 15 is 0 Å². The zero-order chi connectivity index (χ0) is 6.15. The Kier molecular flexibility index (Phi) is 2.94. The summed E-state index contributed by atoms with van der Waals surface area (Å²) in [6, 6.07) is 0. The fourth-order valence-electron chi connectivity index (χ4n) is 0.478. The van der Waals surface area contributed by atoms with Crippen LogP contribution in [0.15, 0.2) is 5.38 Å². The van der Waals surface area contributed by atoms with Gasteiger partial charge in [0.15, 0.2) is 0 Å². The highest BCUT2D eigenvalue weighted by Crippen LogP contribution is 2.05. The Hall–Kier alpha value is -0.280. The lowest BCUT2D eigenvalue weighted by Gasteiger charge is -1.84. The maximum atomic E-state index is 5.52. The zero-order valence-electron chi connectivity index (χ0n) is 5.39. The third kappa shape index (κ3) is 1.56. The summed E-state index contributed by atoms with van der Waals surface area (Å²) in [5.41, 5.74) is 6.74. The van der Waals surface area contributed by atoms with Crippen LogP contribution in [0.25, 0.3) is 0 Å². The lowest BCUT2D eigenvalue weighted by molar-refractivity contribution is -0.658. The summed E-state index contributed by atoms with van der Waals surface area (Å²) < 4.78 is 1.96. The lowest BCUT2D eigenvalue weighted by Crippen LogP contribution is -3.00. The molecular weight excluding hydrogens is 156 g/mol. The molecule has 0 bridgehead atoms. The van der Waals surface area contributed by atoms with E-state index in [-0.39, 0.29) is 12.4 Å². The van der Waals surface area contributed by atoms with Gasteiger partial charge >= 0.3 is 5.13 Å². The third-order valence-electron chi connectivity index (χ3n) is 1.21. The van der Waals surface area contributed by atoms with Crippen LogP contribution in [0.1, 0.15) is 5.69 Å². The van der Waals surface area contributed by atoms with Crippen molar-refractivity contribution >= 4 is 16.5 Å². The Morgan fingerprint density at radius 1 is 1.67 bits per heavy atom. The van der Waals surface area contributed by atoms with Crippen LogP contribution in [0, 0.1) is 6.92 Å². The van der Waals surface area contributed by atoms with Gasteiger partial charge in [0.2, 0.25) is 0 Å². The van der Waals surface area contributed by atoms with Crippen molar-refractivity contribution in [2.75, 3.05) is 5.73 Å². The van der Waals surface area contributed by atoms with Crippen molar-refractivity contribution in [3.8, 4) is 0 Å². The first kappa shape index (κ1) is 8.72. The fourth-order valence-corrected chi connectivity index (χ4v) is 1.23. The quantitative estimate of drug-likeness (QED) is 0.421. The number of nitrogens with two attached hydrogens (primary N) is 1. The number of nitrogen functional groups attached to an aromatic ring is 1. The minimum absolute atomic E-state index is 0. The van der Waals surface area contributed by atoms with Gasteiger partial charge in [0.05, 0.1) is 7.05 Å². The predicted molar refractivity (Wildman–Crippen MR) is 34.6 cm³/mol. The second kappa shape index (κ2) is 3.03. The van der Waals surface area contributed by atoms with E-state index < -0.39 is 0 Å². The minimum Gasteiger partial charge on any atom is -1.00 e. The summed E-state index contributed by atoms with van der Waals surface area (Å²) in [5, 5.41) is 2.90. The second-order valence-electron chi connectivity index (χ2n) is 1.77. The lowest BCUT2D eigenvalue weighted by atomic mass is 10.6. The molecule has 1 rings (SSSR count). The van der Waals surface area contributed by atoms with E-state index in [1.165, 1.54) is 5.69 Å². The minimum atomic E-state index is 0. The van der Waals surface area contributed by atoms with Gasteiger partial charge < -0.3 is 12.4 Å². The molecule has 0 atom stereocenters. The Bertz CT molecular complexity index is 177. The van der Waals surface area contributed by atoms with Crippen LogP contribution in [0.5, 0.6) is 0 Å². The second-order valence-corrected chi connectivity index (χ2v) is 2.66. The molecule has 0 amide bonds. The Labute approximate surface area is 64.7 Å². The summed E-state index contributed by atoms with van der Waals surface area (Å²) in [6.45, 7) is 2.03. The largest absolute Gasteiger partial charge is 1.00 e. The van der Waals surface area contributed by atoms with Crippen molar-refractivity contribution < 1.29 is 17.0 Å². The highest BCUT2D eigenvalue weighted by atomic mass is 35.5. The highest BCUT2D eigenvalue weighted by Gasteiger charge is 2.02. The first-order valence-electron chi connectivity index (χ1n) is 2.41. The average molecular weight is 165 g/mol. The maximum absolute atomic E-state index is 5.52. The molecule has 0 spiro atoms. The van der Waals surface area contributed by atoms with E-state index in [2.05, 4.69) is 0 Å². The molecule has 0 saturated carbocycles. The van der Waals surface area contributed by atoms with E-state index in [0.29, 0.717) is 0 Å². The molecular formula is C5H9ClN2S. The van der Waals surface area contributed by atoms with Crippen LogP contribution in [0.4, 0.5) is 5.13 Å². The van der Waals surface area contributed by atoms with E-state index in [0.717, 1.165) is 5.13 Å². The summed E-state index contributed by atoms with van der Waals surface area (Å²) in [6.07, 6.45) is 0. The standard InChI is InChI=1S/C5H8N2S.ClH/c1-4-3-8-5(6)7(4)2;/h3,6H,1-2H3;1H. The number of rotatable bonds is 0. The monoisotopic (exact) mass is 164 g/mol. The van der Waals surface area contributed by atoms with Gasteiger partial charge in [0.25, 0.3) is 0 Å². The predicted octanol–water partition coefficient (Wildman–Crippen LogP) is -2.53. The number of thiazole rings is 1. The molecule has 9 heavy (non-hydrogen) atoms. The van der Waals surface area contributed by atoms with Crippen LogP contribution < -0.4 is 22.7 Å². The molecule has 0 aliphatic carbocycles. The topological polar surface area (TPSA) is 29.9 Å². The molecule has 52 valence electrons. The normalized spacial score (nSPS) is 8.67. The Balaban J connectivity index is 0.000000640. The highest BCUT2D eigenvalue weighted by molar-refractivity contribution is 7.13. The van der Waals surface area contributed by atoms with E-state index in [1.807, 2.05) is 23.9 Å². The van der Waals surface area contributed by atoms with Gasteiger partial charge in [-0.3, -0.25) is 5.73 Å². The molecule has 4 heteroatoms. The molecule has 1 aromatic heterocycles. The fraction of sp³-hybridized carbons (Fsp3) is 0.400. The molecule has 0 fully saturated rings. The van der Waals surface area contributed by atoms with E-state index in [1.54, 1.807) is 11.3 Å². The van der Waals surface area contributed by atoms with Crippen LogP contribution in [0.2, 0.25) is 0 Å². The van der Waals surface area contributed by atoms with Crippen molar-refractivity contribution in [2.24, 2.45) is 7.05 Å². The van der Waals surface area contributed by atoms with Crippen molar-refractivity contribution in [1.29, 1.82) is 0 Å². The molecule has 0 saturated heterocycles. The molecule has 1 aromatic rings. The van der Waals surface area contributed by atoms with Gasteiger partial charge in [-0.15, -0.1) is 0 Å². The van der Waals surface area contributed by atoms with Crippen LogP contribution in [-0.4, -0.2) is 0 Å². The zero-order valence-corrected chi connectivity index (χ0v) is 6.96. The Morgan fingerprint density at radius 2 is 2.22 bits per heavy atom. The molecule has 2 nitrogen and oxygen atoms in total. The first-order chi connectivity index (χ1) is 3.72. The van der Waals surface area contributed by atoms with Crippen molar-refractivity contribution in [1.82, 2.24) is 0 Å². The van der Waals surface area contributed by atoms with Gasteiger partial charge in [-0.25, -0.2) is 4.57 Å². The van der Waals surface area contributed by atoms with E-state index in [4.69, 9.17) is 5.73 Å². The number of anilines is 1. The molecule has 2 N–H and O–H groups in total. The molecule has 0 aliphatic heterocycles. The first-order valence-corrected chi connectivity index (χ1v) is 3.29. The summed E-state index contributed by atoms with van der Waals surface area (Å²) >= 11 is 1.57. The van der Waals surface area contributed by atoms with Gasteiger partial charge in [-0.2, -0.15) is 0 Å². The van der Waals surface area contributed by atoms with Gasteiger partial charge in [0, 0.05) is 5.38 Å². The number of aromatic nitrogens is 1. The van der Waals surface area contributed by atoms with Crippen LogP contribution in [0.3, 0.4) is 0 Å². The number of hydrogen-bond donors (Lipinski definition) is 1. The summed E-state index contributed by atoms with van der Waals surface area (Å²) in [7, 11) is 1.96. The molecule has 0 unspecified atom stereocenters. The number of halogens is 1. The molecule has 0 aromatic carbocycles. The molecule has 0 aliphatic rings. The number of nitrogens with zero attached hydrogens (tertiary/aromatic N) is 1. The van der Waals surface area contributed by atoms with Crippen molar-refractivity contribution in [3.05, 3.63) is 11.1 Å². The summed E-state index contributed by atoms with van der Waals surface area (Å²) in [5.74, 6) is 0. The Morgan fingerprint density at radius 3 is 2.33 bits per heavy atom.